The summed E-state index contributed by atoms with van der Waals surface area (Å²) in [6.07, 6.45) is 4.99. The minimum absolute atomic E-state index is 0.640. The molecule has 0 amide bonds. The largest absolute Gasteiger partial charge is 0.437 e. The van der Waals surface area contributed by atoms with Crippen molar-refractivity contribution in [3.63, 3.8) is 0 Å². The van der Waals surface area contributed by atoms with Gasteiger partial charge in [0.15, 0.2) is 5.58 Å². The van der Waals surface area contributed by atoms with Crippen LogP contribution in [0, 0.1) is 0 Å². The maximum atomic E-state index is 5.64. The topological polar surface area (TPSA) is 26.0 Å². The highest BCUT2D eigenvalue weighted by Gasteiger charge is 2.00. The van der Waals surface area contributed by atoms with Crippen molar-refractivity contribution in [1.82, 2.24) is 4.98 Å². The molecule has 3 rings (SSSR count). The van der Waals surface area contributed by atoms with Gasteiger partial charge in [-0.3, -0.25) is 0 Å². The predicted octanol–water partition coefficient (Wildman–Crippen LogP) is 4.56. The van der Waals surface area contributed by atoms with Crippen LogP contribution in [0.4, 0.5) is 0 Å². The predicted molar refractivity (Wildman–Crippen MR) is 78.8 cm³/mol. The molecule has 1 aromatic heterocycles. The van der Waals surface area contributed by atoms with Crippen molar-refractivity contribution in [2.45, 2.75) is 13.3 Å². The third-order valence-electron chi connectivity index (χ3n) is 3.12. The first-order valence-electron chi connectivity index (χ1n) is 6.48. The zero-order valence-electron chi connectivity index (χ0n) is 10.8. The van der Waals surface area contributed by atoms with E-state index in [4.69, 9.17) is 4.42 Å². The van der Waals surface area contributed by atoms with E-state index in [1.807, 2.05) is 36.4 Å². The lowest BCUT2D eigenvalue weighted by Crippen LogP contribution is -1.79. The molecule has 0 aliphatic rings. The van der Waals surface area contributed by atoms with Gasteiger partial charge in [-0.05, 0) is 35.8 Å². The molecule has 0 unspecified atom stereocenters. The second kappa shape index (κ2) is 5.11. The molecule has 0 bridgehead atoms. The van der Waals surface area contributed by atoms with Crippen LogP contribution in [-0.2, 0) is 6.42 Å². The Balaban J connectivity index is 1.84. The fourth-order valence-corrected chi connectivity index (χ4v) is 1.99. The van der Waals surface area contributed by atoms with Gasteiger partial charge in [-0.25, -0.2) is 4.98 Å². The van der Waals surface area contributed by atoms with Crippen molar-refractivity contribution in [1.29, 1.82) is 0 Å². The van der Waals surface area contributed by atoms with Crippen molar-refractivity contribution >= 4 is 23.3 Å². The van der Waals surface area contributed by atoms with Crippen LogP contribution in [0.1, 0.15) is 23.9 Å². The summed E-state index contributed by atoms with van der Waals surface area (Å²) < 4.78 is 5.64. The number of rotatable bonds is 3. The molecule has 1 heterocycles. The summed E-state index contributed by atoms with van der Waals surface area (Å²) in [4.78, 5) is 4.41. The van der Waals surface area contributed by atoms with E-state index in [0.717, 1.165) is 23.1 Å². The minimum atomic E-state index is 0.640. The Hall–Kier alpha value is -2.35. The second-order valence-corrected chi connectivity index (χ2v) is 4.45. The van der Waals surface area contributed by atoms with Crippen molar-refractivity contribution < 1.29 is 4.42 Å². The molecule has 94 valence electrons. The van der Waals surface area contributed by atoms with Crippen LogP contribution in [-0.4, -0.2) is 4.98 Å². The molecule has 0 atom stereocenters. The van der Waals surface area contributed by atoms with E-state index in [0.29, 0.717) is 5.89 Å². The van der Waals surface area contributed by atoms with E-state index in [2.05, 4.69) is 36.2 Å². The van der Waals surface area contributed by atoms with Crippen LogP contribution in [0.5, 0.6) is 0 Å². The summed E-state index contributed by atoms with van der Waals surface area (Å²) in [5.74, 6) is 0.640. The van der Waals surface area contributed by atoms with Gasteiger partial charge in [0, 0.05) is 6.08 Å². The van der Waals surface area contributed by atoms with Crippen LogP contribution in [0.15, 0.2) is 52.9 Å². The van der Waals surface area contributed by atoms with Gasteiger partial charge >= 0.3 is 0 Å². The van der Waals surface area contributed by atoms with Crippen molar-refractivity contribution in [3.8, 4) is 0 Å². The fraction of sp³-hybridized carbons (Fsp3) is 0.118. The van der Waals surface area contributed by atoms with Gasteiger partial charge in [-0.1, -0.05) is 43.3 Å². The number of nitrogens with zero attached hydrogens (tertiary/aromatic N) is 1. The summed E-state index contributed by atoms with van der Waals surface area (Å²) in [6.45, 7) is 2.16. The minimum Gasteiger partial charge on any atom is -0.437 e. The molecule has 0 N–H and O–H groups in total. The average molecular weight is 249 g/mol. The number of hydrogen-bond acceptors (Lipinski definition) is 2. The summed E-state index contributed by atoms with van der Waals surface area (Å²) in [7, 11) is 0. The monoisotopic (exact) mass is 249 g/mol. The van der Waals surface area contributed by atoms with Gasteiger partial charge < -0.3 is 4.42 Å². The van der Waals surface area contributed by atoms with Gasteiger partial charge in [0.25, 0.3) is 0 Å². The molecule has 2 aromatic carbocycles. The Bertz CT molecular complexity index is 674. The highest BCUT2D eigenvalue weighted by atomic mass is 16.3. The van der Waals surface area contributed by atoms with Gasteiger partial charge in [-0.2, -0.15) is 0 Å². The van der Waals surface area contributed by atoms with Crippen molar-refractivity contribution in [3.05, 3.63) is 65.5 Å². The fourth-order valence-electron chi connectivity index (χ4n) is 1.99. The Morgan fingerprint density at radius 1 is 1.00 bits per heavy atom. The molecule has 0 radical (unpaired) electrons. The third kappa shape index (κ3) is 2.58. The van der Waals surface area contributed by atoms with E-state index in [1.54, 1.807) is 0 Å². The second-order valence-electron chi connectivity index (χ2n) is 4.45. The number of benzene rings is 2. The summed E-state index contributed by atoms with van der Waals surface area (Å²) in [5.41, 5.74) is 4.21. The maximum Gasteiger partial charge on any atom is 0.220 e. The normalized spacial score (nSPS) is 11.4. The van der Waals surface area contributed by atoms with Crippen molar-refractivity contribution in [2.75, 3.05) is 0 Å². The molecule has 0 aliphatic heterocycles. The SMILES string of the molecule is CCc1ccc(C=Cc2nc3ccccc3o2)cc1. The summed E-state index contributed by atoms with van der Waals surface area (Å²) >= 11 is 0. The number of para-hydroxylation sites is 2. The first-order valence-corrected chi connectivity index (χ1v) is 6.48. The zero-order valence-corrected chi connectivity index (χ0v) is 10.8. The lowest BCUT2D eigenvalue weighted by atomic mass is 10.1. The molecule has 0 saturated heterocycles. The molecule has 3 aromatic rings. The van der Waals surface area contributed by atoms with E-state index < -0.39 is 0 Å². The van der Waals surface area contributed by atoms with Gasteiger partial charge in [0.05, 0.1) is 0 Å². The molecule has 2 nitrogen and oxygen atoms in total. The Morgan fingerprint density at radius 3 is 2.53 bits per heavy atom. The molecule has 0 fully saturated rings. The first kappa shape index (κ1) is 11.7. The van der Waals surface area contributed by atoms with E-state index in [1.165, 1.54) is 5.56 Å². The molecule has 0 spiro atoms. The first-order chi connectivity index (χ1) is 9.35. The third-order valence-corrected chi connectivity index (χ3v) is 3.12. The van der Waals surface area contributed by atoms with Crippen LogP contribution in [0.2, 0.25) is 0 Å². The molecule has 0 saturated carbocycles. The number of aromatic nitrogens is 1. The summed E-state index contributed by atoms with van der Waals surface area (Å²) in [6, 6.07) is 16.3. The van der Waals surface area contributed by atoms with Crippen molar-refractivity contribution in [2.24, 2.45) is 0 Å². The Labute approximate surface area is 112 Å². The lowest BCUT2D eigenvalue weighted by molar-refractivity contribution is 0.590. The van der Waals surface area contributed by atoms with Gasteiger partial charge in [0.2, 0.25) is 5.89 Å². The zero-order chi connectivity index (χ0) is 13.1. The number of fused-ring (bicyclic) bond motifs is 1. The standard InChI is InChI=1S/C17H15NO/c1-2-13-7-9-14(10-8-13)11-12-17-18-15-5-3-4-6-16(15)19-17/h3-12H,2H2,1H3. The molecule has 19 heavy (non-hydrogen) atoms. The number of oxazole rings is 1. The number of aryl methyl sites for hydroxylation is 1. The lowest BCUT2D eigenvalue weighted by Gasteiger charge is -1.96. The Kier molecular flexibility index (Phi) is 3.15. The van der Waals surface area contributed by atoms with Crippen LogP contribution in [0.25, 0.3) is 23.3 Å². The van der Waals surface area contributed by atoms with Gasteiger partial charge in [-0.15, -0.1) is 0 Å². The average Bonchev–Trinajstić information content (AvgIpc) is 2.88. The van der Waals surface area contributed by atoms with Crippen LogP contribution >= 0.6 is 0 Å². The quantitative estimate of drug-likeness (QED) is 0.680. The summed E-state index contributed by atoms with van der Waals surface area (Å²) in [5, 5.41) is 0. The number of hydrogen-bond donors (Lipinski definition) is 0. The molecule has 2 heteroatoms. The highest BCUT2D eigenvalue weighted by Crippen LogP contribution is 2.16. The van der Waals surface area contributed by atoms with E-state index in [9.17, 15) is 0 Å². The van der Waals surface area contributed by atoms with Crippen LogP contribution in [0.3, 0.4) is 0 Å². The molecular weight excluding hydrogens is 234 g/mol. The van der Waals surface area contributed by atoms with Gasteiger partial charge in [0.1, 0.15) is 5.52 Å². The Morgan fingerprint density at radius 2 is 1.79 bits per heavy atom. The van der Waals surface area contributed by atoms with Crippen LogP contribution < -0.4 is 0 Å². The highest BCUT2D eigenvalue weighted by molar-refractivity contribution is 5.75. The van der Waals surface area contributed by atoms with E-state index >= 15 is 0 Å². The molecule has 0 aliphatic carbocycles. The van der Waals surface area contributed by atoms with E-state index in [-0.39, 0.29) is 0 Å². The molecular formula is C17H15NO. The maximum absolute atomic E-state index is 5.64. The smallest absolute Gasteiger partial charge is 0.220 e.